The average Bonchev–Trinajstić information content (AvgIpc) is 2.86. The molecule has 1 N–H and O–H groups in total. The third-order valence-electron chi connectivity index (χ3n) is 3.03. The van der Waals surface area contributed by atoms with Crippen LogP contribution in [0.1, 0.15) is 49.0 Å². The van der Waals surface area contributed by atoms with Gasteiger partial charge in [0.15, 0.2) is 11.5 Å². The molecule has 0 spiro atoms. The van der Waals surface area contributed by atoms with E-state index < -0.39 is 5.97 Å². The first-order valence-electron chi connectivity index (χ1n) is 5.55. The number of carboxylic acids is 1. The lowest BCUT2D eigenvalue weighted by Gasteiger charge is -2.26. The van der Waals surface area contributed by atoms with Crippen LogP contribution in [0.3, 0.4) is 0 Å². The van der Waals surface area contributed by atoms with E-state index in [1.807, 2.05) is 0 Å². The highest BCUT2D eigenvalue weighted by molar-refractivity contribution is 5.85. The summed E-state index contributed by atoms with van der Waals surface area (Å²) < 4.78 is 5.12. The van der Waals surface area contributed by atoms with E-state index in [9.17, 15) is 4.79 Å². The Hall–Kier alpha value is -1.36. The van der Waals surface area contributed by atoms with Gasteiger partial charge in [0.05, 0.1) is 6.04 Å². The van der Waals surface area contributed by atoms with Crippen molar-refractivity contribution in [3.05, 3.63) is 17.5 Å². The normalized spacial score (nSPS) is 21.8. The Morgan fingerprint density at radius 2 is 2.44 bits per heavy atom. The van der Waals surface area contributed by atoms with Crippen molar-refractivity contribution in [1.29, 1.82) is 0 Å². The molecular weight excluding hydrogens is 208 g/mol. The van der Waals surface area contributed by atoms with Crippen LogP contribution in [0.25, 0.3) is 0 Å². The summed E-state index contributed by atoms with van der Waals surface area (Å²) in [5.74, 6) is -0.368. The van der Waals surface area contributed by atoms with Crippen molar-refractivity contribution in [3.8, 4) is 0 Å². The van der Waals surface area contributed by atoms with Gasteiger partial charge in [0.25, 0.3) is 0 Å². The molecule has 2 heterocycles. The monoisotopic (exact) mass is 224 g/mol. The molecule has 1 aliphatic rings. The number of carbonyl (C=O) groups is 1. The van der Waals surface area contributed by atoms with Gasteiger partial charge in [-0.2, -0.15) is 0 Å². The van der Waals surface area contributed by atoms with Crippen LogP contribution < -0.4 is 0 Å². The van der Waals surface area contributed by atoms with E-state index in [-0.39, 0.29) is 11.7 Å². The summed E-state index contributed by atoms with van der Waals surface area (Å²) in [6.07, 6.45) is 2.12. The van der Waals surface area contributed by atoms with E-state index in [0.717, 1.165) is 19.4 Å². The lowest BCUT2D eigenvalue weighted by molar-refractivity contribution is 0.0685. The van der Waals surface area contributed by atoms with Gasteiger partial charge in [0, 0.05) is 12.1 Å². The largest absolute Gasteiger partial charge is 0.476 e. The van der Waals surface area contributed by atoms with Gasteiger partial charge in [-0.3, -0.25) is 4.90 Å². The molecule has 1 aliphatic heterocycles. The number of carboxylic acid groups (broad SMARTS) is 1. The summed E-state index contributed by atoms with van der Waals surface area (Å²) in [4.78, 5) is 13.0. The third kappa shape index (κ3) is 1.95. The number of aromatic nitrogens is 1. The quantitative estimate of drug-likeness (QED) is 0.849. The number of aromatic carboxylic acids is 1. The fraction of sp³-hybridized carbons (Fsp3) is 0.636. The molecule has 1 aromatic heterocycles. The maximum Gasteiger partial charge on any atom is 0.358 e. The number of rotatable bonds is 3. The number of nitrogens with zero attached hydrogens (tertiary/aromatic N) is 2. The van der Waals surface area contributed by atoms with Crippen molar-refractivity contribution in [3.63, 3.8) is 0 Å². The second-order valence-corrected chi connectivity index (χ2v) is 4.41. The van der Waals surface area contributed by atoms with E-state index in [4.69, 9.17) is 9.63 Å². The van der Waals surface area contributed by atoms with Crippen LogP contribution in [0.2, 0.25) is 0 Å². The van der Waals surface area contributed by atoms with Gasteiger partial charge in [0.2, 0.25) is 0 Å². The lowest BCUT2D eigenvalue weighted by Crippen LogP contribution is -2.29. The summed E-state index contributed by atoms with van der Waals surface area (Å²) in [7, 11) is 0. The molecule has 0 amide bonds. The maximum atomic E-state index is 10.7. The zero-order valence-corrected chi connectivity index (χ0v) is 9.51. The molecule has 5 nitrogen and oxygen atoms in total. The van der Waals surface area contributed by atoms with Gasteiger partial charge >= 0.3 is 5.97 Å². The van der Waals surface area contributed by atoms with E-state index >= 15 is 0 Å². The minimum Gasteiger partial charge on any atom is -0.476 e. The van der Waals surface area contributed by atoms with Crippen molar-refractivity contribution < 1.29 is 14.4 Å². The van der Waals surface area contributed by atoms with Crippen LogP contribution in [0, 0.1) is 0 Å². The highest BCUT2D eigenvalue weighted by atomic mass is 16.5. The first-order valence-corrected chi connectivity index (χ1v) is 5.55. The molecule has 2 rings (SSSR count). The Kier molecular flexibility index (Phi) is 2.96. The molecule has 0 saturated carbocycles. The van der Waals surface area contributed by atoms with Crippen molar-refractivity contribution in [2.45, 2.75) is 38.8 Å². The van der Waals surface area contributed by atoms with E-state index in [1.165, 1.54) is 6.07 Å². The number of likely N-dealkylation sites (tertiary alicyclic amines) is 1. The highest BCUT2D eigenvalue weighted by Gasteiger charge is 2.31. The third-order valence-corrected chi connectivity index (χ3v) is 3.03. The topological polar surface area (TPSA) is 66.6 Å². The van der Waals surface area contributed by atoms with Crippen LogP contribution >= 0.6 is 0 Å². The molecule has 1 atom stereocenters. The van der Waals surface area contributed by atoms with Crippen LogP contribution in [-0.4, -0.2) is 33.7 Å². The Morgan fingerprint density at radius 1 is 1.69 bits per heavy atom. The molecule has 1 unspecified atom stereocenters. The van der Waals surface area contributed by atoms with Crippen molar-refractivity contribution in [2.75, 3.05) is 6.54 Å². The SMILES string of the molecule is CC(C)N1CCCC1c1cc(C(=O)O)no1. The Balaban J connectivity index is 2.19. The van der Waals surface area contributed by atoms with E-state index in [1.54, 1.807) is 0 Å². The van der Waals surface area contributed by atoms with Gasteiger partial charge < -0.3 is 9.63 Å². The van der Waals surface area contributed by atoms with Gasteiger partial charge in [-0.25, -0.2) is 4.79 Å². The van der Waals surface area contributed by atoms with Crippen molar-refractivity contribution in [2.24, 2.45) is 0 Å². The van der Waals surface area contributed by atoms with Crippen molar-refractivity contribution >= 4 is 5.97 Å². The first-order chi connectivity index (χ1) is 7.59. The zero-order chi connectivity index (χ0) is 11.7. The Morgan fingerprint density at radius 3 is 3.00 bits per heavy atom. The fourth-order valence-corrected chi connectivity index (χ4v) is 2.26. The van der Waals surface area contributed by atoms with Gasteiger partial charge in [0.1, 0.15) is 0 Å². The zero-order valence-electron chi connectivity index (χ0n) is 9.51. The maximum absolute atomic E-state index is 10.7. The minimum atomic E-state index is -1.04. The molecule has 16 heavy (non-hydrogen) atoms. The smallest absolute Gasteiger partial charge is 0.358 e. The first kappa shape index (κ1) is 11.1. The molecule has 1 saturated heterocycles. The second-order valence-electron chi connectivity index (χ2n) is 4.41. The van der Waals surface area contributed by atoms with Crippen molar-refractivity contribution in [1.82, 2.24) is 10.1 Å². The highest BCUT2D eigenvalue weighted by Crippen LogP contribution is 2.33. The summed E-state index contributed by atoms with van der Waals surface area (Å²) in [6.45, 7) is 5.30. The lowest BCUT2D eigenvalue weighted by atomic mass is 10.1. The molecule has 1 fully saturated rings. The number of hydrogen-bond acceptors (Lipinski definition) is 4. The average molecular weight is 224 g/mol. The second kappa shape index (κ2) is 4.25. The predicted molar refractivity (Wildman–Crippen MR) is 57.3 cm³/mol. The van der Waals surface area contributed by atoms with Crippen LogP contribution in [0.5, 0.6) is 0 Å². The molecule has 0 aliphatic carbocycles. The summed E-state index contributed by atoms with van der Waals surface area (Å²) >= 11 is 0. The van der Waals surface area contributed by atoms with Crippen LogP contribution in [0.4, 0.5) is 0 Å². The molecule has 0 radical (unpaired) electrons. The van der Waals surface area contributed by atoms with Crippen LogP contribution in [0.15, 0.2) is 10.6 Å². The molecule has 88 valence electrons. The molecular formula is C11H16N2O3. The number of hydrogen-bond donors (Lipinski definition) is 1. The van der Waals surface area contributed by atoms with E-state index in [2.05, 4.69) is 23.9 Å². The van der Waals surface area contributed by atoms with Gasteiger partial charge in [-0.1, -0.05) is 5.16 Å². The molecule has 0 aromatic carbocycles. The van der Waals surface area contributed by atoms with E-state index in [0.29, 0.717) is 11.8 Å². The summed E-state index contributed by atoms with van der Waals surface area (Å²) in [6, 6.07) is 2.15. The summed E-state index contributed by atoms with van der Waals surface area (Å²) in [5.41, 5.74) is -0.00870. The Bertz CT molecular complexity index is 386. The van der Waals surface area contributed by atoms with Crippen LogP contribution in [-0.2, 0) is 0 Å². The minimum absolute atomic E-state index is 0.00870. The molecule has 0 bridgehead atoms. The molecule has 5 heteroatoms. The molecule has 1 aromatic rings. The fourth-order valence-electron chi connectivity index (χ4n) is 2.26. The summed E-state index contributed by atoms with van der Waals surface area (Å²) in [5, 5.41) is 12.3. The van der Waals surface area contributed by atoms with Gasteiger partial charge in [-0.15, -0.1) is 0 Å². The standard InChI is InChI=1S/C11H16N2O3/c1-7(2)13-5-3-4-9(13)10-6-8(11(14)15)12-16-10/h6-7,9H,3-5H2,1-2H3,(H,14,15). The predicted octanol–water partition coefficient (Wildman–Crippen LogP) is 1.92. The Labute approximate surface area is 94.0 Å². The van der Waals surface area contributed by atoms with Gasteiger partial charge in [-0.05, 0) is 33.2 Å².